The van der Waals surface area contributed by atoms with Crippen molar-refractivity contribution in [2.24, 2.45) is 11.8 Å². The smallest absolute Gasteiger partial charge is 0.0568 e. The number of rotatable bonds is 4. The van der Waals surface area contributed by atoms with Gasteiger partial charge in [-0.3, -0.25) is 0 Å². The van der Waals surface area contributed by atoms with E-state index in [0.29, 0.717) is 11.8 Å². The summed E-state index contributed by atoms with van der Waals surface area (Å²) in [5, 5.41) is 9.49. The van der Waals surface area contributed by atoms with Crippen LogP contribution in [0.15, 0.2) is 0 Å². The molecule has 0 aliphatic heterocycles. The van der Waals surface area contributed by atoms with Crippen molar-refractivity contribution in [3.8, 4) is 0 Å². The molecule has 0 bridgehead atoms. The van der Waals surface area contributed by atoms with E-state index in [4.69, 9.17) is 0 Å². The van der Waals surface area contributed by atoms with Gasteiger partial charge in [-0.2, -0.15) is 0 Å². The topological polar surface area (TPSA) is 20.2 Å². The summed E-state index contributed by atoms with van der Waals surface area (Å²) in [4.78, 5) is 0. The molecule has 1 nitrogen and oxygen atoms in total. The fourth-order valence-electron chi connectivity index (χ4n) is 1.49. The lowest BCUT2D eigenvalue weighted by atomic mass is 9.87. The molecule has 0 radical (unpaired) electrons. The second kappa shape index (κ2) is 4.73. The van der Waals surface area contributed by atoms with Crippen molar-refractivity contribution >= 4 is 0 Å². The predicted molar refractivity (Wildman–Crippen MR) is 44.9 cm³/mol. The van der Waals surface area contributed by atoms with Crippen molar-refractivity contribution in [2.75, 3.05) is 0 Å². The minimum atomic E-state index is -0.0926. The van der Waals surface area contributed by atoms with Crippen LogP contribution in [0.5, 0.6) is 0 Å². The second-order valence-electron chi connectivity index (χ2n) is 3.29. The van der Waals surface area contributed by atoms with Gasteiger partial charge in [0.25, 0.3) is 0 Å². The molecule has 0 aliphatic rings. The zero-order valence-corrected chi connectivity index (χ0v) is 7.59. The van der Waals surface area contributed by atoms with Gasteiger partial charge in [-0.25, -0.2) is 0 Å². The Morgan fingerprint density at radius 3 is 1.70 bits per heavy atom. The van der Waals surface area contributed by atoms with Gasteiger partial charge in [0.05, 0.1) is 6.10 Å². The molecule has 1 heteroatoms. The van der Waals surface area contributed by atoms with Crippen molar-refractivity contribution in [3.63, 3.8) is 0 Å². The van der Waals surface area contributed by atoms with Crippen LogP contribution in [0.2, 0.25) is 0 Å². The highest BCUT2D eigenvalue weighted by Gasteiger charge is 2.18. The Bertz CT molecular complexity index is 78.8. The summed E-state index contributed by atoms with van der Waals surface area (Å²) in [5.74, 6) is 1.10. The first-order valence-electron chi connectivity index (χ1n) is 4.31. The van der Waals surface area contributed by atoms with Crippen LogP contribution in [0, 0.1) is 11.8 Å². The van der Waals surface area contributed by atoms with E-state index in [1.807, 2.05) is 6.92 Å². The average Bonchev–Trinajstić information content (AvgIpc) is 1.88. The van der Waals surface area contributed by atoms with Crippen molar-refractivity contribution in [1.82, 2.24) is 0 Å². The highest BCUT2D eigenvalue weighted by molar-refractivity contribution is 4.68. The fraction of sp³-hybridized carbons (Fsp3) is 1.00. The van der Waals surface area contributed by atoms with Gasteiger partial charge in [0, 0.05) is 0 Å². The minimum absolute atomic E-state index is 0.0926. The van der Waals surface area contributed by atoms with Crippen LogP contribution in [0.3, 0.4) is 0 Å². The fourth-order valence-corrected chi connectivity index (χ4v) is 1.49. The monoisotopic (exact) mass is 144 g/mol. The van der Waals surface area contributed by atoms with E-state index >= 15 is 0 Å². The molecule has 1 unspecified atom stereocenters. The SMILES string of the molecule is CCC(C(C)C)[C@H](O)CC. The molecule has 0 heterocycles. The Hall–Kier alpha value is -0.0400. The second-order valence-corrected chi connectivity index (χ2v) is 3.29. The largest absolute Gasteiger partial charge is 0.393 e. The Labute approximate surface area is 64.5 Å². The maximum Gasteiger partial charge on any atom is 0.0568 e. The summed E-state index contributed by atoms with van der Waals surface area (Å²) in [5.41, 5.74) is 0. The van der Waals surface area contributed by atoms with Gasteiger partial charge in [-0.15, -0.1) is 0 Å². The maximum absolute atomic E-state index is 9.49. The van der Waals surface area contributed by atoms with Crippen LogP contribution < -0.4 is 0 Å². The summed E-state index contributed by atoms with van der Waals surface area (Å²) >= 11 is 0. The molecule has 0 rings (SSSR count). The molecule has 0 aromatic carbocycles. The van der Waals surface area contributed by atoms with Crippen LogP contribution in [0.25, 0.3) is 0 Å². The number of hydrogen-bond acceptors (Lipinski definition) is 1. The summed E-state index contributed by atoms with van der Waals surface area (Å²) in [6, 6.07) is 0. The lowest BCUT2D eigenvalue weighted by Gasteiger charge is -2.23. The lowest BCUT2D eigenvalue weighted by molar-refractivity contribution is 0.0757. The van der Waals surface area contributed by atoms with Gasteiger partial charge in [-0.05, 0) is 18.3 Å². The third-order valence-electron chi connectivity index (χ3n) is 2.24. The summed E-state index contributed by atoms with van der Waals surface area (Å²) < 4.78 is 0. The standard InChI is InChI=1S/C9H20O/c1-5-8(7(3)4)9(10)6-2/h7-10H,5-6H2,1-4H3/t8?,9-/m1/s1. The summed E-state index contributed by atoms with van der Waals surface area (Å²) in [6.07, 6.45) is 1.88. The van der Waals surface area contributed by atoms with Crippen LogP contribution in [-0.4, -0.2) is 11.2 Å². The molecule has 0 amide bonds. The normalized spacial score (nSPS) is 17.4. The lowest BCUT2D eigenvalue weighted by Crippen LogP contribution is -2.23. The molecule has 0 aromatic rings. The summed E-state index contributed by atoms with van der Waals surface area (Å²) in [6.45, 7) is 8.53. The van der Waals surface area contributed by atoms with Crippen molar-refractivity contribution < 1.29 is 5.11 Å². The number of aliphatic hydroxyl groups excluding tert-OH is 1. The van der Waals surface area contributed by atoms with E-state index in [9.17, 15) is 5.11 Å². The van der Waals surface area contributed by atoms with Gasteiger partial charge in [0.15, 0.2) is 0 Å². The van der Waals surface area contributed by atoms with E-state index in [0.717, 1.165) is 12.8 Å². The Morgan fingerprint density at radius 2 is 1.60 bits per heavy atom. The molecule has 10 heavy (non-hydrogen) atoms. The highest BCUT2D eigenvalue weighted by Crippen LogP contribution is 2.20. The highest BCUT2D eigenvalue weighted by atomic mass is 16.3. The van der Waals surface area contributed by atoms with Crippen molar-refractivity contribution in [1.29, 1.82) is 0 Å². The number of aliphatic hydroxyl groups is 1. The molecule has 0 saturated carbocycles. The molecule has 0 fully saturated rings. The molecule has 1 N–H and O–H groups in total. The average molecular weight is 144 g/mol. The third-order valence-corrected chi connectivity index (χ3v) is 2.24. The zero-order valence-electron chi connectivity index (χ0n) is 7.59. The first-order valence-corrected chi connectivity index (χ1v) is 4.31. The molecule has 0 aromatic heterocycles. The first-order chi connectivity index (χ1) is 4.63. The van der Waals surface area contributed by atoms with Gasteiger partial charge < -0.3 is 5.11 Å². The molecular formula is C9H20O. The van der Waals surface area contributed by atoms with Crippen molar-refractivity contribution in [2.45, 2.75) is 46.6 Å². The van der Waals surface area contributed by atoms with Gasteiger partial charge in [0.2, 0.25) is 0 Å². The Kier molecular flexibility index (Phi) is 4.71. The quantitative estimate of drug-likeness (QED) is 0.642. The molecule has 0 spiro atoms. The zero-order chi connectivity index (χ0) is 8.15. The maximum atomic E-state index is 9.49. The van der Waals surface area contributed by atoms with Gasteiger partial charge in [0.1, 0.15) is 0 Å². The van der Waals surface area contributed by atoms with E-state index in [-0.39, 0.29) is 6.10 Å². The van der Waals surface area contributed by atoms with Crippen molar-refractivity contribution in [3.05, 3.63) is 0 Å². The van der Waals surface area contributed by atoms with E-state index in [1.165, 1.54) is 0 Å². The molecule has 0 aliphatic carbocycles. The Morgan fingerprint density at radius 1 is 1.10 bits per heavy atom. The summed E-state index contributed by atoms with van der Waals surface area (Å²) in [7, 11) is 0. The van der Waals surface area contributed by atoms with Crippen LogP contribution in [0.4, 0.5) is 0 Å². The third kappa shape index (κ3) is 2.70. The van der Waals surface area contributed by atoms with Gasteiger partial charge in [-0.1, -0.05) is 34.1 Å². The molecule has 62 valence electrons. The van der Waals surface area contributed by atoms with E-state index in [1.54, 1.807) is 0 Å². The minimum Gasteiger partial charge on any atom is -0.393 e. The number of hydrogen-bond donors (Lipinski definition) is 1. The van der Waals surface area contributed by atoms with E-state index in [2.05, 4.69) is 20.8 Å². The Balaban J connectivity index is 3.80. The first kappa shape index (κ1) is 9.96. The molecule has 0 saturated heterocycles. The predicted octanol–water partition coefficient (Wildman–Crippen LogP) is 2.44. The van der Waals surface area contributed by atoms with Crippen LogP contribution >= 0.6 is 0 Å². The van der Waals surface area contributed by atoms with Crippen LogP contribution in [0.1, 0.15) is 40.5 Å². The van der Waals surface area contributed by atoms with Gasteiger partial charge >= 0.3 is 0 Å². The molecular weight excluding hydrogens is 124 g/mol. The molecule has 2 atom stereocenters. The van der Waals surface area contributed by atoms with Crippen LogP contribution in [-0.2, 0) is 0 Å². The van der Waals surface area contributed by atoms with E-state index < -0.39 is 0 Å².